The fourth-order valence-electron chi connectivity index (χ4n) is 2.89. The van der Waals surface area contributed by atoms with Gasteiger partial charge in [0, 0.05) is 26.5 Å². The number of aryl methyl sites for hydroxylation is 1. The Bertz CT molecular complexity index is 1000. The van der Waals surface area contributed by atoms with E-state index in [4.69, 9.17) is 4.42 Å². The van der Waals surface area contributed by atoms with Gasteiger partial charge < -0.3 is 9.32 Å². The van der Waals surface area contributed by atoms with Gasteiger partial charge in [-0.05, 0) is 54.8 Å². The number of hydrogen-bond acceptors (Lipinski definition) is 6. The van der Waals surface area contributed by atoms with Gasteiger partial charge in [-0.2, -0.15) is 0 Å². The molecule has 4 rings (SSSR count). The lowest BCUT2D eigenvalue weighted by atomic mass is 10.2. The van der Waals surface area contributed by atoms with Gasteiger partial charge >= 0.3 is 0 Å². The van der Waals surface area contributed by atoms with E-state index in [1.54, 1.807) is 40.7 Å². The summed E-state index contributed by atoms with van der Waals surface area (Å²) in [5, 5.41) is 5.21. The van der Waals surface area contributed by atoms with Gasteiger partial charge in [-0.15, -0.1) is 34.4 Å². The normalized spacial score (nSPS) is 10.9. The zero-order chi connectivity index (χ0) is 20.1. The number of benzene rings is 1. The zero-order valence-corrected chi connectivity index (χ0v) is 18.4. The van der Waals surface area contributed by atoms with Crippen LogP contribution in [0.25, 0.3) is 0 Å². The highest BCUT2D eigenvalue weighted by Gasteiger charge is 2.18. The molecule has 148 valence electrons. The van der Waals surface area contributed by atoms with Crippen molar-refractivity contribution in [3.05, 3.63) is 92.5 Å². The Morgan fingerprint density at radius 1 is 1.10 bits per heavy atom. The van der Waals surface area contributed by atoms with Gasteiger partial charge in [0.2, 0.25) is 0 Å². The van der Waals surface area contributed by atoms with Crippen LogP contribution < -0.4 is 0 Å². The molecule has 0 aliphatic heterocycles. The molecule has 3 aromatic heterocycles. The molecule has 0 aliphatic carbocycles. The summed E-state index contributed by atoms with van der Waals surface area (Å²) in [7, 11) is 0. The number of carbonyl (C=O) groups excluding carboxylic acids is 1. The summed E-state index contributed by atoms with van der Waals surface area (Å²) < 4.78 is 5.47. The standard InChI is InChI=1S/C22H20N2O2S3/c1-16-23-18(14-28-16)15-29-20-8-6-17(7-9-20)22(25)24(12-19-4-2-10-26-19)13-21-5-3-11-27-21/h2-11,14H,12-13,15H2,1H3. The topological polar surface area (TPSA) is 46.3 Å². The number of thiazole rings is 1. The maximum Gasteiger partial charge on any atom is 0.254 e. The largest absolute Gasteiger partial charge is 0.467 e. The molecule has 0 saturated heterocycles. The number of hydrogen-bond donors (Lipinski definition) is 0. The van der Waals surface area contributed by atoms with Gasteiger partial charge in [-0.25, -0.2) is 4.98 Å². The molecule has 0 saturated carbocycles. The van der Waals surface area contributed by atoms with E-state index in [1.807, 2.05) is 65.7 Å². The molecule has 4 nitrogen and oxygen atoms in total. The molecule has 3 heterocycles. The maximum atomic E-state index is 13.2. The lowest BCUT2D eigenvalue weighted by Gasteiger charge is -2.21. The number of carbonyl (C=O) groups is 1. The maximum absolute atomic E-state index is 13.2. The van der Waals surface area contributed by atoms with Crippen molar-refractivity contribution in [2.24, 2.45) is 0 Å². The van der Waals surface area contributed by atoms with Crippen LogP contribution in [0.15, 0.2) is 74.9 Å². The third kappa shape index (κ3) is 5.38. The lowest BCUT2D eigenvalue weighted by Crippen LogP contribution is -2.29. The summed E-state index contributed by atoms with van der Waals surface area (Å²) in [6.45, 7) is 3.03. The Morgan fingerprint density at radius 2 is 1.97 bits per heavy atom. The van der Waals surface area contributed by atoms with Gasteiger partial charge in [-0.3, -0.25) is 4.79 Å². The molecule has 7 heteroatoms. The van der Waals surface area contributed by atoms with Crippen molar-refractivity contribution < 1.29 is 9.21 Å². The number of thioether (sulfide) groups is 1. The number of nitrogens with zero attached hydrogens (tertiary/aromatic N) is 2. The van der Waals surface area contributed by atoms with Gasteiger partial charge in [-0.1, -0.05) is 6.07 Å². The highest BCUT2D eigenvalue weighted by molar-refractivity contribution is 7.98. The molecule has 0 N–H and O–H groups in total. The smallest absolute Gasteiger partial charge is 0.254 e. The van der Waals surface area contributed by atoms with E-state index in [0.717, 1.165) is 32.0 Å². The van der Waals surface area contributed by atoms with Crippen LogP contribution >= 0.6 is 34.4 Å². The number of aromatic nitrogens is 1. The molecule has 0 unspecified atom stereocenters. The second-order valence-electron chi connectivity index (χ2n) is 6.49. The average Bonchev–Trinajstić information content (AvgIpc) is 3.50. The SMILES string of the molecule is Cc1nc(CSc2ccc(C(=O)N(Cc3ccco3)Cc3cccs3)cc2)cs1. The molecule has 29 heavy (non-hydrogen) atoms. The minimum atomic E-state index is 0.00137. The number of furan rings is 1. The summed E-state index contributed by atoms with van der Waals surface area (Å²) in [4.78, 5) is 21.8. The Kier molecular flexibility index (Phi) is 6.49. The van der Waals surface area contributed by atoms with Crippen LogP contribution in [0, 0.1) is 6.92 Å². The van der Waals surface area contributed by atoms with Crippen molar-refractivity contribution in [1.82, 2.24) is 9.88 Å². The van der Waals surface area contributed by atoms with Crippen molar-refractivity contribution in [2.75, 3.05) is 0 Å². The molecule has 0 radical (unpaired) electrons. The summed E-state index contributed by atoms with van der Waals surface area (Å²) in [5.41, 5.74) is 1.78. The van der Waals surface area contributed by atoms with E-state index < -0.39 is 0 Å². The first-order valence-electron chi connectivity index (χ1n) is 9.15. The quantitative estimate of drug-likeness (QED) is 0.304. The predicted octanol–water partition coefficient (Wildman–Crippen LogP) is 6.24. The second kappa shape index (κ2) is 9.43. The Balaban J connectivity index is 1.44. The third-order valence-electron chi connectivity index (χ3n) is 4.30. The lowest BCUT2D eigenvalue weighted by molar-refractivity contribution is 0.0719. The summed E-state index contributed by atoms with van der Waals surface area (Å²) >= 11 is 5.05. The predicted molar refractivity (Wildman–Crippen MR) is 119 cm³/mol. The van der Waals surface area contributed by atoms with Crippen LogP contribution in [-0.2, 0) is 18.8 Å². The minimum Gasteiger partial charge on any atom is -0.467 e. The van der Waals surface area contributed by atoms with Crippen LogP contribution in [0.5, 0.6) is 0 Å². The fourth-order valence-corrected chi connectivity index (χ4v) is 5.12. The molecule has 4 aromatic rings. The fraction of sp³-hybridized carbons (Fsp3) is 0.182. The molecular weight excluding hydrogens is 420 g/mol. The highest BCUT2D eigenvalue weighted by Crippen LogP contribution is 2.25. The first-order chi connectivity index (χ1) is 14.2. The Labute approximate surface area is 182 Å². The van der Waals surface area contributed by atoms with Crippen molar-refractivity contribution >= 4 is 40.3 Å². The van der Waals surface area contributed by atoms with E-state index >= 15 is 0 Å². The molecule has 0 atom stereocenters. The van der Waals surface area contributed by atoms with E-state index in [9.17, 15) is 4.79 Å². The second-order valence-corrected chi connectivity index (χ2v) is 9.63. The van der Waals surface area contributed by atoms with Crippen LogP contribution in [-0.4, -0.2) is 15.8 Å². The number of rotatable bonds is 8. The van der Waals surface area contributed by atoms with Crippen LogP contribution in [0.4, 0.5) is 0 Å². The van der Waals surface area contributed by atoms with Crippen molar-refractivity contribution in [3.8, 4) is 0 Å². The van der Waals surface area contributed by atoms with Crippen molar-refractivity contribution in [3.63, 3.8) is 0 Å². The van der Waals surface area contributed by atoms with Crippen LogP contribution in [0.3, 0.4) is 0 Å². The van der Waals surface area contributed by atoms with Gasteiger partial charge in [0.05, 0.1) is 30.1 Å². The van der Waals surface area contributed by atoms with E-state index in [2.05, 4.69) is 10.4 Å². The zero-order valence-electron chi connectivity index (χ0n) is 15.9. The summed E-state index contributed by atoms with van der Waals surface area (Å²) in [6, 6.07) is 15.6. The molecule has 0 fully saturated rings. The van der Waals surface area contributed by atoms with E-state index in [-0.39, 0.29) is 5.91 Å². The minimum absolute atomic E-state index is 0.00137. The molecule has 0 spiro atoms. The van der Waals surface area contributed by atoms with E-state index in [1.165, 1.54) is 0 Å². The molecular formula is C22H20N2O2S3. The average molecular weight is 441 g/mol. The molecule has 0 bridgehead atoms. The van der Waals surface area contributed by atoms with Crippen molar-refractivity contribution in [1.29, 1.82) is 0 Å². The first-order valence-corrected chi connectivity index (χ1v) is 11.9. The van der Waals surface area contributed by atoms with Gasteiger partial charge in [0.25, 0.3) is 5.91 Å². The molecule has 1 aromatic carbocycles. The molecule has 1 amide bonds. The first kappa shape index (κ1) is 19.9. The monoisotopic (exact) mass is 440 g/mol. The Morgan fingerprint density at radius 3 is 2.62 bits per heavy atom. The summed E-state index contributed by atoms with van der Waals surface area (Å²) in [6.07, 6.45) is 1.64. The highest BCUT2D eigenvalue weighted by atomic mass is 32.2. The summed E-state index contributed by atoms with van der Waals surface area (Å²) in [5.74, 6) is 1.61. The third-order valence-corrected chi connectivity index (χ3v) is 7.02. The van der Waals surface area contributed by atoms with Crippen LogP contribution in [0.1, 0.15) is 31.7 Å². The van der Waals surface area contributed by atoms with Gasteiger partial charge in [0.1, 0.15) is 5.76 Å². The van der Waals surface area contributed by atoms with Crippen LogP contribution in [0.2, 0.25) is 0 Å². The van der Waals surface area contributed by atoms with E-state index in [0.29, 0.717) is 18.7 Å². The number of amides is 1. The number of thiophene rings is 1. The van der Waals surface area contributed by atoms with Gasteiger partial charge in [0.15, 0.2) is 0 Å². The molecule has 0 aliphatic rings. The van der Waals surface area contributed by atoms with Crippen molar-refractivity contribution in [2.45, 2.75) is 30.7 Å². The Hall–Kier alpha value is -2.35.